The SMILES string of the molecule is CC(C)(C)c1cc(NC(=O)C(C)(C)S(=O)(=O)c2ccc(Cl)cc2)[nH]n1.CC(C)(C)c1coc(NC(=O)C(C)(C)S(=O)(=O)c2ccc(Cl)cc2)n1. The van der Waals surface area contributed by atoms with Gasteiger partial charge in [-0.3, -0.25) is 20.0 Å². The number of H-pyrrole nitrogens is 1. The van der Waals surface area contributed by atoms with Gasteiger partial charge in [0.05, 0.1) is 21.2 Å². The third kappa shape index (κ3) is 8.95. The number of halogens is 2. The number of amides is 2. The molecule has 16 heteroatoms. The Bertz CT molecular complexity index is 1910. The van der Waals surface area contributed by atoms with Crippen molar-refractivity contribution in [2.75, 3.05) is 10.6 Å². The second kappa shape index (κ2) is 14.5. The summed E-state index contributed by atoms with van der Waals surface area (Å²) in [4.78, 5) is 29.4. The van der Waals surface area contributed by atoms with Crippen LogP contribution in [-0.4, -0.2) is 53.3 Å². The van der Waals surface area contributed by atoms with E-state index >= 15 is 0 Å². The Morgan fingerprint density at radius 2 is 1.06 bits per heavy atom. The Balaban J connectivity index is 0.000000270. The summed E-state index contributed by atoms with van der Waals surface area (Å²) in [7, 11) is -7.84. The topological polar surface area (TPSA) is 181 Å². The van der Waals surface area contributed by atoms with Crippen LogP contribution in [0.3, 0.4) is 0 Å². The quantitative estimate of drug-likeness (QED) is 0.165. The fraction of sp³-hybridized carbons (Fsp3) is 0.412. The molecule has 0 saturated carbocycles. The first-order chi connectivity index (χ1) is 22.7. The summed E-state index contributed by atoms with van der Waals surface area (Å²) in [5.41, 5.74) is 0.976. The van der Waals surface area contributed by atoms with Crippen molar-refractivity contribution in [3.8, 4) is 0 Å². The minimum atomic E-state index is -3.94. The van der Waals surface area contributed by atoms with Gasteiger partial charge >= 0.3 is 6.01 Å². The van der Waals surface area contributed by atoms with Crippen LogP contribution in [0.25, 0.3) is 0 Å². The molecule has 0 aliphatic rings. The van der Waals surface area contributed by atoms with Crippen molar-refractivity contribution in [1.82, 2.24) is 15.2 Å². The molecule has 0 aliphatic heterocycles. The lowest BCUT2D eigenvalue weighted by atomic mass is 9.92. The molecule has 3 N–H and O–H groups in total. The van der Waals surface area contributed by atoms with Gasteiger partial charge in [-0.25, -0.2) is 16.8 Å². The molecule has 272 valence electrons. The van der Waals surface area contributed by atoms with Crippen molar-refractivity contribution in [3.63, 3.8) is 0 Å². The van der Waals surface area contributed by atoms with Crippen LogP contribution in [0.1, 0.15) is 80.6 Å². The van der Waals surface area contributed by atoms with Crippen molar-refractivity contribution >= 4 is 66.5 Å². The fourth-order valence-corrected chi connectivity index (χ4v) is 7.04. The van der Waals surface area contributed by atoms with Gasteiger partial charge in [0.25, 0.3) is 0 Å². The highest BCUT2D eigenvalue weighted by atomic mass is 35.5. The second-order valence-corrected chi connectivity index (χ2v) is 20.4. The van der Waals surface area contributed by atoms with E-state index in [0.29, 0.717) is 21.6 Å². The number of hydrogen-bond acceptors (Lipinski definition) is 9. The molecule has 0 saturated heterocycles. The number of anilines is 2. The molecule has 0 atom stereocenters. The summed E-state index contributed by atoms with van der Waals surface area (Å²) < 4.78 is 53.1. The molecule has 2 heterocycles. The smallest absolute Gasteiger partial charge is 0.301 e. The van der Waals surface area contributed by atoms with E-state index in [-0.39, 0.29) is 26.6 Å². The van der Waals surface area contributed by atoms with Gasteiger partial charge in [0.2, 0.25) is 11.8 Å². The first-order valence-corrected chi connectivity index (χ1v) is 19.1. The molecule has 0 aliphatic carbocycles. The second-order valence-electron chi connectivity index (χ2n) is 14.5. The van der Waals surface area contributed by atoms with Crippen molar-refractivity contribution in [3.05, 3.63) is 82.3 Å². The fourth-order valence-electron chi connectivity index (χ4n) is 4.03. The number of carbonyl (C=O) groups is 2. The van der Waals surface area contributed by atoms with Crippen molar-refractivity contribution in [2.24, 2.45) is 0 Å². The molecule has 0 spiro atoms. The average Bonchev–Trinajstić information content (AvgIpc) is 3.68. The van der Waals surface area contributed by atoms with Crippen LogP contribution in [0.4, 0.5) is 11.8 Å². The molecule has 50 heavy (non-hydrogen) atoms. The normalized spacial score (nSPS) is 12.9. The van der Waals surface area contributed by atoms with E-state index in [4.69, 9.17) is 27.6 Å². The Morgan fingerprint density at radius 3 is 1.42 bits per heavy atom. The van der Waals surface area contributed by atoms with E-state index in [1.807, 2.05) is 41.5 Å². The van der Waals surface area contributed by atoms with E-state index in [2.05, 4.69) is 25.8 Å². The van der Waals surface area contributed by atoms with Crippen molar-refractivity contribution in [2.45, 2.75) is 99.4 Å². The molecule has 4 rings (SSSR count). The van der Waals surface area contributed by atoms with Gasteiger partial charge < -0.3 is 9.73 Å². The predicted molar refractivity (Wildman–Crippen MR) is 195 cm³/mol. The standard InChI is InChI=1S/C17H22ClN3O3S.C17H21ClN2O4S/c1-16(2,3)13-10-14(21-20-13)19-15(22)17(4,5)25(23,24)12-8-6-11(18)7-9-12;1-16(2,3)13-10-24-15(19-13)20-14(21)17(4,5)25(22,23)12-8-6-11(18)7-9-12/h6-10H,1-5H3,(H2,19,20,21,22);6-10H,1-5H3,(H,19,20,21). The maximum Gasteiger partial charge on any atom is 0.301 e. The van der Waals surface area contributed by atoms with E-state index in [0.717, 1.165) is 5.69 Å². The third-order valence-corrected chi connectivity index (χ3v) is 13.1. The van der Waals surface area contributed by atoms with Gasteiger partial charge in [-0.05, 0) is 76.2 Å². The number of benzene rings is 2. The summed E-state index contributed by atoms with van der Waals surface area (Å²) >= 11 is 11.6. The summed E-state index contributed by atoms with van der Waals surface area (Å²) in [6.07, 6.45) is 1.44. The molecule has 0 fully saturated rings. The van der Waals surface area contributed by atoms with Crippen LogP contribution in [0.15, 0.2) is 75.1 Å². The maximum absolute atomic E-state index is 12.8. The van der Waals surface area contributed by atoms with Gasteiger partial charge in [-0.15, -0.1) is 0 Å². The highest BCUT2D eigenvalue weighted by molar-refractivity contribution is 7.94. The molecular formula is C34H43Cl2N5O7S2. The van der Waals surface area contributed by atoms with Gasteiger partial charge in [-0.1, -0.05) is 64.7 Å². The number of nitrogens with one attached hydrogen (secondary N) is 3. The van der Waals surface area contributed by atoms with Crippen molar-refractivity contribution < 1.29 is 30.8 Å². The van der Waals surface area contributed by atoms with E-state index in [1.54, 1.807) is 6.07 Å². The zero-order chi connectivity index (χ0) is 38.1. The monoisotopic (exact) mass is 767 g/mol. The first kappa shape index (κ1) is 40.7. The zero-order valence-electron chi connectivity index (χ0n) is 29.6. The molecule has 12 nitrogen and oxygen atoms in total. The Morgan fingerprint density at radius 1 is 0.660 bits per heavy atom. The van der Waals surface area contributed by atoms with Gasteiger partial charge in [0.1, 0.15) is 21.6 Å². The Hall–Kier alpha value is -3.72. The van der Waals surface area contributed by atoms with Crippen molar-refractivity contribution in [1.29, 1.82) is 0 Å². The third-order valence-electron chi connectivity index (χ3n) is 7.77. The van der Waals surface area contributed by atoms with Crippen LogP contribution in [0.5, 0.6) is 0 Å². The minimum Gasteiger partial charge on any atom is -0.432 e. The molecule has 4 aromatic rings. The first-order valence-electron chi connectivity index (χ1n) is 15.4. The molecule has 2 aromatic carbocycles. The van der Waals surface area contributed by atoms with E-state index in [9.17, 15) is 26.4 Å². The molecular weight excluding hydrogens is 725 g/mol. The van der Waals surface area contributed by atoms with Gasteiger partial charge in [-0.2, -0.15) is 10.1 Å². The molecule has 0 bridgehead atoms. The molecule has 2 aromatic heterocycles. The van der Waals surface area contributed by atoms with Gasteiger partial charge in [0.15, 0.2) is 19.7 Å². The average molecular weight is 769 g/mol. The predicted octanol–water partition coefficient (Wildman–Crippen LogP) is 7.37. The number of aromatic nitrogens is 3. The highest BCUT2D eigenvalue weighted by Gasteiger charge is 2.44. The van der Waals surface area contributed by atoms with Crippen LogP contribution < -0.4 is 10.6 Å². The van der Waals surface area contributed by atoms with Gasteiger partial charge in [0, 0.05) is 26.9 Å². The zero-order valence-corrected chi connectivity index (χ0v) is 32.7. The molecule has 0 radical (unpaired) electrons. The lowest BCUT2D eigenvalue weighted by Gasteiger charge is -2.23. The van der Waals surface area contributed by atoms with E-state index < -0.39 is 41.0 Å². The summed E-state index contributed by atoms with van der Waals surface area (Å²) in [6.45, 7) is 17.2. The number of aromatic amines is 1. The van der Waals surface area contributed by atoms with E-state index in [1.165, 1.54) is 82.5 Å². The number of hydrogen-bond donors (Lipinski definition) is 3. The van der Waals surface area contributed by atoms with Crippen LogP contribution in [-0.2, 0) is 40.1 Å². The largest absolute Gasteiger partial charge is 0.432 e. The Labute approximate surface area is 303 Å². The summed E-state index contributed by atoms with van der Waals surface area (Å²) in [5.74, 6) is -1.02. The van der Waals surface area contributed by atoms with Crippen LogP contribution in [0, 0.1) is 0 Å². The highest BCUT2D eigenvalue weighted by Crippen LogP contribution is 2.30. The maximum atomic E-state index is 12.8. The summed E-state index contributed by atoms with van der Waals surface area (Å²) in [5, 5.41) is 12.7. The number of sulfone groups is 2. The lowest BCUT2D eigenvalue weighted by Crippen LogP contribution is -2.44. The Kier molecular flexibility index (Phi) is 11.8. The number of rotatable bonds is 8. The summed E-state index contributed by atoms with van der Waals surface area (Å²) in [6, 6.07) is 13.1. The number of oxazole rings is 1. The van der Waals surface area contributed by atoms with Crippen LogP contribution in [0.2, 0.25) is 10.0 Å². The van der Waals surface area contributed by atoms with Crippen LogP contribution >= 0.6 is 23.2 Å². The number of carbonyl (C=O) groups excluding carboxylic acids is 2. The lowest BCUT2D eigenvalue weighted by molar-refractivity contribution is -0.118. The minimum absolute atomic E-state index is 0.0137. The molecule has 2 amide bonds. The molecule has 0 unspecified atom stereocenters. The number of nitrogens with zero attached hydrogens (tertiary/aromatic N) is 2.